The van der Waals surface area contributed by atoms with E-state index in [1.807, 2.05) is 9.08 Å². The van der Waals surface area contributed by atoms with E-state index >= 15 is 0 Å². The Bertz CT molecular complexity index is 1070. The lowest BCUT2D eigenvalue weighted by molar-refractivity contribution is 0.0832. The Labute approximate surface area is 176 Å². The van der Waals surface area contributed by atoms with Crippen LogP contribution in [0.3, 0.4) is 0 Å². The zero-order valence-corrected chi connectivity index (χ0v) is 17.7. The lowest BCUT2D eigenvalue weighted by atomic mass is 10.00. The number of aromatic nitrogens is 4. The number of benzene rings is 1. The molecule has 0 unspecified atom stereocenters. The molecule has 1 aliphatic carbocycles. The Morgan fingerprint density at radius 3 is 2.53 bits per heavy atom. The van der Waals surface area contributed by atoms with Gasteiger partial charge in [0.2, 0.25) is 0 Å². The maximum Gasteiger partial charge on any atom is 0.279 e. The monoisotopic (exact) mass is 406 g/mol. The van der Waals surface area contributed by atoms with E-state index in [9.17, 15) is 4.79 Å². The predicted octanol–water partition coefficient (Wildman–Crippen LogP) is 3.87. The summed E-state index contributed by atoms with van der Waals surface area (Å²) in [6.45, 7) is 4.35. The summed E-state index contributed by atoms with van der Waals surface area (Å²) in [7, 11) is 0. The molecule has 1 aromatic carbocycles. The lowest BCUT2D eigenvalue weighted by Crippen LogP contribution is -2.30. The second-order valence-electron chi connectivity index (χ2n) is 8.94. The van der Waals surface area contributed by atoms with Crippen molar-refractivity contribution in [1.82, 2.24) is 19.2 Å². The first-order chi connectivity index (χ1) is 14.7. The molecule has 0 atom stereocenters. The third-order valence-electron chi connectivity index (χ3n) is 6.74. The molecule has 0 N–H and O–H groups in total. The molecule has 0 bridgehead atoms. The molecule has 2 fully saturated rings. The minimum Gasteiger partial charge on any atom is -0.381 e. The molecule has 1 aliphatic heterocycles. The first kappa shape index (κ1) is 19.5. The Hall–Kier alpha value is -2.47. The largest absolute Gasteiger partial charge is 0.381 e. The minimum atomic E-state index is 0.0461. The van der Waals surface area contributed by atoms with Gasteiger partial charge in [-0.1, -0.05) is 42.7 Å². The van der Waals surface area contributed by atoms with Gasteiger partial charge in [0.25, 0.3) is 5.56 Å². The van der Waals surface area contributed by atoms with Crippen molar-refractivity contribution in [2.24, 2.45) is 5.92 Å². The maximum atomic E-state index is 13.5. The third-order valence-corrected chi connectivity index (χ3v) is 6.74. The highest BCUT2D eigenvalue weighted by Crippen LogP contribution is 2.28. The molecule has 0 spiro atoms. The van der Waals surface area contributed by atoms with Crippen LogP contribution in [0.4, 0.5) is 0 Å². The molecule has 0 radical (unpaired) electrons. The van der Waals surface area contributed by atoms with Crippen molar-refractivity contribution >= 4 is 5.52 Å². The molecule has 30 heavy (non-hydrogen) atoms. The van der Waals surface area contributed by atoms with Crippen LogP contribution < -0.4 is 5.56 Å². The van der Waals surface area contributed by atoms with E-state index in [0.717, 1.165) is 44.2 Å². The van der Waals surface area contributed by atoms with Crippen molar-refractivity contribution in [3.63, 3.8) is 0 Å². The van der Waals surface area contributed by atoms with Crippen LogP contribution in [-0.2, 0) is 17.7 Å². The second-order valence-corrected chi connectivity index (χ2v) is 8.94. The van der Waals surface area contributed by atoms with Gasteiger partial charge in [-0.05, 0) is 44.1 Å². The number of hydrogen-bond acceptors (Lipinski definition) is 4. The molecule has 6 nitrogen and oxygen atoms in total. The molecule has 0 amide bonds. The highest BCUT2D eigenvalue weighted by molar-refractivity contribution is 5.43. The highest BCUT2D eigenvalue weighted by Gasteiger charge is 2.25. The van der Waals surface area contributed by atoms with Crippen molar-refractivity contribution in [2.45, 2.75) is 64.3 Å². The Balaban J connectivity index is 1.58. The normalized spacial score (nSPS) is 18.4. The van der Waals surface area contributed by atoms with E-state index in [1.165, 1.54) is 36.8 Å². The molecule has 158 valence electrons. The number of imidazole rings is 1. The molecule has 2 aliphatic rings. The fourth-order valence-electron chi connectivity index (χ4n) is 4.93. The van der Waals surface area contributed by atoms with Gasteiger partial charge in [0.15, 0.2) is 5.52 Å². The smallest absolute Gasteiger partial charge is 0.279 e. The zero-order chi connectivity index (χ0) is 20.5. The summed E-state index contributed by atoms with van der Waals surface area (Å²) in [4.78, 5) is 18.2. The molecule has 3 heterocycles. The van der Waals surface area contributed by atoms with Crippen LogP contribution in [0.25, 0.3) is 5.52 Å². The molecule has 6 heteroatoms. The van der Waals surface area contributed by atoms with Crippen LogP contribution in [0.15, 0.2) is 35.3 Å². The number of hydrogen-bond donors (Lipinski definition) is 0. The van der Waals surface area contributed by atoms with Crippen molar-refractivity contribution in [3.05, 3.63) is 63.6 Å². The van der Waals surface area contributed by atoms with Gasteiger partial charge in [0.05, 0.1) is 6.20 Å². The van der Waals surface area contributed by atoms with Crippen molar-refractivity contribution < 1.29 is 4.74 Å². The lowest BCUT2D eigenvalue weighted by Gasteiger charge is -2.21. The third kappa shape index (κ3) is 3.81. The molecule has 2 aromatic heterocycles. The van der Waals surface area contributed by atoms with Crippen molar-refractivity contribution in [1.29, 1.82) is 0 Å². The highest BCUT2D eigenvalue weighted by atomic mass is 16.5. The Morgan fingerprint density at radius 2 is 1.80 bits per heavy atom. The summed E-state index contributed by atoms with van der Waals surface area (Å²) >= 11 is 0. The van der Waals surface area contributed by atoms with Gasteiger partial charge in [-0.15, -0.1) is 0 Å². The van der Waals surface area contributed by atoms with E-state index in [2.05, 4.69) is 36.2 Å². The summed E-state index contributed by atoms with van der Waals surface area (Å²) < 4.78 is 9.27. The van der Waals surface area contributed by atoms with E-state index in [4.69, 9.17) is 9.84 Å². The summed E-state index contributed by atoms with van der Waals surface area (Å²) in [6, 6.07) is 8.52. The van der Waals surface area contributed by atoms with Gasteiger partial charge < -0.3 is 4.74 Å². The van der Waals surface area contributed by atoms with Gasteiger partial charge in [0.1, 0.15) is 11.6 Å². The van der Waals surface area contributed by atoms with E-state index in [0.29, 0.717) is 23.8 Å². The van der Waals surface area contributed by atoms with Crippen LogP contribution >= 0.6 is 0 Å². The van der Waals surface area contributed by atoms with Gasteiger partial charge in [-0.25, -0.2) is 9.50 Å². The van der Waals surface area contributed by atoms with Crippen LogP contribution in [0.5, 0.6) is 0 Å². The van der Waals surface area contributed by atoms with Crippen LogP contribution in [0, 0.1) is 12.8 Å². The molecule has 3 aromatic rings. The number of aryl methyl sites for hydroxylation is 1. The topological polar surface area (TPSA) is 61.4 Å². The van der Waals surface area contributed by atoms with Crippen LogP contribution in [0.1, 0.15) is 67.2 Å². The molecular weight excluding hydrogens is 376 g/mol. The van der Waals surface area contributed by atoms with E-state index in [1.54, 1.807) is 6.20 Å². The van der Waals surface area contributed by atoms with Crippen molar-refractivity contribution in [2.75, 3.05) is 13.2 Å². The fourth-order valence-corrected chi connectivity index (χ4v) is 4.93. The number of rotatable bonds is 5. The average Bonchev–Trinajstić information content (AvgIpc) is 3.43. The van der Waals surface area contributed by atoms with Crippen LogP contribution in [-0.4, -0.2) is 32.4 Å². The molecule has 5 rings (SSSR count). The van der Waals surface area contributed by atoms with Crippen LogP contribution in [0.2, 0.25) is 0 Å². The van der Waals surface area contributed by atoms with Gasteiger partial charge in [-0.3, -0.25) is 9.36 Å². The van der Waals surface area contributed by atoms with Gasteiger partial charge in [0, 0.05) is 32.1 Å². The van der Waals surface area contributed by atoms with E-state index < -0.39 is 0 Å². The minimum absolute atomic E-state index is 0.0461. The van der Waals surface area contributed by atoms with E-state index in [-0.39, 0.29) is 5.56 Å². The SMILES string of the molecule is Cc1ccc(Cc2nn3c(C4CCOCC4)ncc3c(=O)n2CC2CCCC2)cc1. The standard InChI is InChI=1S/C24H30N4O2/c1-17-6-8-18(9-7-17)14-22-26-28-21(15-25-23(28)20-10-12-30-13-11-20)24(29)27(22)16-19-4-2-3-5-19/h6-9,15,19-20H,2-5,10-14,16H2,1H3. The average molecular weight is 407 g/mol. The summed E-state index contributed by atoms with van der Waals surface area (Å²) in [6.07, 6.45) is 9.18. The summed E-state index contributed by atoms with van der Waals surface area (Å²) in [5.74, 6) is 2.62. The zero-order valence-electron chi connectivity index (χ0n) is 17.7. The molecule has 1 saturated carbocycles. The molecular formula is C24H30N4O2. The first-order valence-electron chi connectivity index (χ1n) is 11.3. The number of fused-ring (bicyclic) bond motifs is 1. The predicted molar refractivity (Wildman–Crippen MR) is 116 cm³/mol. The maximum absolute atomic E-state index is 13.5. The Morgan fingerprint density at radius 1 is 1.07 bits per heavy atom. The first-order valence-corrected chi connectivity index (χ1v) is 11.3. The second kappa shape index (κ2) is 8.34. The summed E-state index contributed by atoms with van der Waals surface area (Å²) in [5.41, 5.74) is 3.06. The number of ether oxygens (including phenoxy) is 1. The quantitative estimate of drug-likeness (QED) is 0.645. The Kier molecular flexibility index (Phi) is 5.42. The van der Waals surface area contributed by atoms with Gasteiger partial charge >= 0.3 is 0 Å². The fraction of sp³-hybridized carbons (Fsp3) is 0.542. The van der Waals surface area contributed by atoms with Crippen molar-refractivity contribution in [3.8, 4) is 0 Å². The molecule has 1 saturated heterocycles. The summed E-state index contributed by atoms with van der Waals surface area (Å²) in [5, 5.41) is 5.01. The van der Waals surface area contributed by atoms with Gasteiger partial charge in [-0.2, -0.15) is 5.10 Å². The number of nitrogens with zero attached hydrogens (tertiary/aromatic N) is 4.